The fourth-order valence-electron chi connectivity index (χ4n) is 5.19. The van der Waals surface area contributed by atoms with Crippen molar-refractivity contribution in [1.29, 1.82) is 0 Å². The summed E-state index contributed by atoms with van der Waals surface area (Å²) in [4.78, 5) is 50.8. The van der Waals surface area contributed by atoms with Crippen molar-refractivity contribution < 1.29 is 24.2 Å². The van der Waals surface area contributed by atoms with Crippen LogP contribution in [-0.4, -0.2) is 63.2 Å². The maximum Gasteiger partial charge on any atom is 0.407 e. The Hall–Kier alpha value is -4.59. The van der Waals surface area contributed by atoms with Crippen LogP contribution in [0.2, 0.25) is 0 Å². The van der Waals surface area contributed by atoms with E-state index in [2.05, 4.69) is 39.8 Å². The highest BCUT2D eigenvalue weighted by Crippen LogP contribution is 2.20. The van der Waals surface area contributed by atoms with Gasteiger partial charge in [0.2, 0.25) is 0 Å². The number of urea groups is 1. The van der Waals surface area contributed by atoms with Crippen LogP contribution in [0.3, 0.4) is 0 Å². The van der Waals surface area contributed by atoms with Gasteiger partial charge in [0.25, 0.3) is 5.91 Å². The molecule has 4 rings (SSSR count). The summed E-state index contributed by atoms with van der Waals surface area (Å²) in [7, 11) is 1.65. The molecule has 2 aromatic heterocycles. The Morgan fingerprint density at radius 2 is 1.60 bits per heavy atom. The number of nitrogens with zero attached hydrogens (tertiary/aromatic N) is 3. The Labute approximate surface area is 301 Å². The van der Waals surface area contributed by atoms with Gasteiger partial charge in [-0.2, -0.15) is 0 Å². The minimum absolute atomic E-state index is 0.0620. The second kappa shape index (κ2) is 19.0. The van der Waals surface area contributed by atoms with Crippen LogP contribution in [0.1, 0.15) is 66.7 Å². The molecule has 4 amide bonds. The van der Waals surface area contributed by atoms with Crippen LogP contribution in [-0.2, 0) is 35.5 Å². The molecule has 2 aromatic carbocycles. The zero-order valence-electron chi connectivity index (χ0n) is 29.1. The molecule has 0 aliphatic carbocycles. The number of ether oxygens (including phenoxy) is 1. The minimum Gasteiger partial charge on any atom is -0.444 e. The number of allylic oxidation sites excluding steroid dienone is 1. The Morgan fingerprint density at radius 1 is 0.940 bits per heavy atom. The molecule has 0 bridgehead atoms. The van der Waals surface area contributed by atoms with Gasteiger partial charge in [-0.25, -0.2) is 14.6 Å². The summed E-state index contributed by atoms with van der Waals surface area (Å²) in [5.41, 5.74) is 5.05. The van der Waals surface area contributed by atoms with E-state index in [4.69, 9.17) is 4.74 Å². The molecule has 0 aliphatic rings. The maximum absolute atomic E-state index is 13.8. The Bertz CT molecular complexity index is 1690. The van der Waals surface area contributed by atoms with Crippen LogP contribution in [0, 0.1) is 0 Å². The highest BCUT2D eigenvalue weighted by atomic mass is 32.1. The van der Waals surface area contributed by atoms with Gasteiger partial charge >= 0.3 is 12.1 Å². The second-order valence-electron chi connectivity index (χ2n) is 12.6. The fourth-order valence-corrected chi connectivity index (χ4v) is 6.52. The monoisotopic (exact) mass is 718 g/mol. The first-order chi connectivity index (χ1) is 24.0. The molecule has 2 heterocycles. The molecule has 0 unspecified atom stereocenters. The van der Waals surface area contributed by atoms with Crippen LogP contribution >= 0.6 is 22.7 Å². The lowest BCUT2D eigenvalue weighted by atomic mass is 9.93. The van der Waals surface area contributed by atoms with Gasteiger partial charge in [0, 0.05) is 30.6 Å². The third kappa shape index (κ3) is 12.1. The van der Waals surface area contributed by atoms with Crippen molar-refractivity contribution in [3.63, 3.8) is 0 Å². The minimum atomic E-state index is -1.06. The lowest BCUT2D eigenvalue weighted by Crippen LogP contribution is -2.50. The summed E-state index contributed by atoms with van der Waals surface area (Å²) in [6.07, 6.45) is 0.754. The predicted octanol–water partition coefficient (Wildman–Crippen LogP) is 6.17. The number of thiazole rings is 2. The maximum atomic E-state index is 13.8. The highest BCUT2D eigenvalue weighted by molar-refractivity contribution is 7.09. The third-order valence-electron chi connectivity index (χ3n) is 7.85. The van der Waals surface area contributed by atoms with Crippen molar-refractivity contribution in [2.24, 2.45) is 0 Å². The summed E-state index contributed by atoms with van der Waals surface area (Å²) in [5, 5.41) is 23.3. The van der Waals surface area contributed by atoms with Crippen molar-refractivity contribution in [2.75, 3.05) is 7.05 Å². The Balaban J connectivity index is 1.47. The summed E-state index contributed by atoms with van der Waals surface area (Å²) < 4.78 is 5.42. The standard InChI is InChI=1S/C37H46N6O5S2/c1-24(2)33(42-36(46)43(5)20-29-22-49-35(40-29)25(3)4)34(45)39-28(16-26-12-8-6-9-13-26)18-32(44)31(17-27-14-10-7-11-15-27)41-37(47)48-21-30-19-38-23-50-30/h6-15,19,22-23,25,28,31-32,44H,16-18,20-21H2,1-5H3,(H,39,45)(H,41,47)(H,42,46)/t28-,31-,32-/m0/s1. The average molecular weight is 719 g/mol. The molecule has 3 atom stereocenters. The molecule has 50 heavy (non-hydrogen) atoms. The molecule has 0 saturated heterocycles. The first kappa shape index (κ1) is 38.2. The molecule has 0 aliphatic heterocycles. The van der Waals surface area contributed by atoms with E-state index in [1.165, 1.54) is 16.2 Å². The van der Waals surface area contributed by atoms with Crippen LogP contribution < -0.4 is 16.0 Å². The van der Waals surface area contributed by atoms with Crippen molar-refractivity contribution in [2.45, 2.75) is 84.2 Å². The van der Waals surface area contributed by atoms with Gasteiger partial charge in [0.05, 0.1) is 39.8 Å². The zero-order chi connectivity index (χ0) is 36.0. The van der Waals surface area contributed by atoms with Gasteiger partial charge in [-0.1, -0.05) is 74.5 Å². The molecule has 0 saturated carbocycles. The lowest BCUT2D eigenvalue weighted by Gasteiger charge is -2.29. The molecule has 4 N–H and O–H groups in total. The first-order valence-corrected chi connectivity index (χ1v) is 18.3. The smallest absolute Gasteiger partial charge is 0.407 e. The molecule has 13 heteroatoms. The van der Waals surface area contributed by atoms with E-state index < -0.39 is 36.2 Å². The van der Waals surface area contributed by atoms with E-state index in [9.17, 15) is 19.5 Å². The highest BCUT2D eigenvalue weighted by Gasteiger charge is 2.28. The van der Waals surface area contributed by atoms with Gasteiger partial charge in [0.1, 0.15) is 12.3 Å². The zero-order valence-corrected chi connectivity index (χ0v) is 30.7. The molecular weight excluding hydrogens is 673 g/mol. The van der Waals surface area contributed by atoms with Crippen LogP contribution in [0.25, 0.3) is 0 Å². The number of hydrogen-bond acceptors (Lipinski definition) is 9. The van der Waals surface area contributed by atoms with Gasteiger partial charge in [0.15, 0.2) is 0 Å². The van der Waals surface area contributed by atoms with Gasteiger partial charge < -0.3 is 30.7 Å². The van der Waals surface area contributed by atoms with Crippen LogP contribution in [0.4, 0.5) is 9.59 Å². The van der Waals surface area contributed by atoms with Crippen molar-refractivity contribution in [1.82, 2.24) is 30.8 Å². The molecule has 11 nitrogen and oxygen atoms in total. The average Bonchev–Trinajstić information content (AvgIpc) is 3.79. The lowest BCUT2D eigenvalue weighted by molar-refractivity contribution is -0.118. The van der Waals surface area contributed by atoms with E-state index in [1.54, 1.807) is 43.9 Å². The SMILES string of the molecule is CC(C)=C(NC(=O)N(C)Cc1csc(C(C)C)n1)C(=O)N[C@@H](Cc1ccccc1)C[C@H](O)[C@H](Cc1ccccc1)NC(=O)OCc1cncs1. The van der Waals surface area contributed by atoms with E-state index in [0.29, 0.717) is 24.3 Å². The van der Waals surface area contributed by atoms with Crippen LogP contribution in [0.5, 0.6) is 0 Å². The number of rotatable bonds is 16. The summed E-state index contributed by atoms with van der Waals surface area (Å²) in [6, 6.07) is 17.4. The van der Waals surface area contributed by atoms with Crippen molar-refractivity contribution in [3.8, 4) is 0 Å². The molecule has 0 radical (unpaired) electrons. The van der Waals surface area contributed by atoms with E-state index >= 15 is 0 Å². The van der Waals surface area contributed by atoms with Gasteiger partial charge in [-0.15, -0.1) is 22.7 Å². The number of benzene rings is 2. The normalized spacial score (nSPS) is 12.8. The number of carbonyl (C=O) groups excluding carboxylic acids is 3. The molecule has 4 aromatic rings. The van der Waals surface area contributed by atoms with Gasteiger partial charge in [-0.3, -0.25) is 9.78 Å². The van der Waals surface area contributed by atoms with Crippen molar-refractivity contribution >= 4 is 40.7 Å². The Morgan fingerprint density at radius 3 is 2.18 bits per heavy atom. The van der Waals surface area contributed by atoms with E-state index in [-0.39, 0.29) is 25.3 Å². The summed E-state index contributed by atoms with van der Waals surface area (Å²) >= 11 is 2.94. The number of hydrogen-bond donors (Lipinski definition) is 4. The van der Waals surface area contributed by atoms with Gasteiger partial charge in [-0.05, 0) is 49.8 Å². The number of amides is 4. The molecule has 0 spiro atoms. The second-order valence-corrected chi connectivity index (χ2v) is 14.5. The van der Waals surface area contributed by atoms with Crippen LogP contribution in [0.15, 0.2) is 89.0 Å². The van der Waals surface area contributed by atoms with E-state index in [1.807, 2.05) is 66.0 Å². The molecular formula is C37H46N6O5S2. The quantitative estimate of drug-likeness (QED) is 0.101. The molecule has 0 fully saturated rings. The summed E-state index contributed by atoms with van der Waals surface area (Å²) in [5.74, 6) is -0.184. The van der Waals surface area contributed by atoms with E-state index in [0.717, 1.165) is 26.7 Å². The number of alkyl carbamates (subject to hydrolysis) is 1. The fraction of sp³-hybridized carbons (Fsp3) is 0.378. The largest absolute Gasteiger partial charge is 0.444 e. The molecule has 266 valence electrons. The van der Waals surface area contributed by atoms with Crippen molar-refractivity contribution in [3.05, 3.63) is 116 Å². The number of carbonyl (C=O) groups is 3. The Kier molecular flexibility index (Phi) is 14.5. The number of aromatic nitrogens is 2. The summed E-state index contributed by atoms with van der Waals surface area (Å²) in [6.45, 7) is 8.00. The number of nitrogens with one attached hydrogen (secondary N) is 3. The first-order valence-electron chi connectivity index (χ1n) is 16.5. The number of aliphatic hydroxyl groups is 1. The topological polar surface area (TPSA) is 146 Å². The predicted molar refractivity (Wildman–Crippen MR) is 197 cm³/mol. The number of aliphatic hydroxyl groups excluding tert-OH is 1. The third-order valence-corrected chi connectivity index (χ3v) is 9.80.